The summed E-state index contributed by atoms with van der Waals surface area (Å²) < 4.78 is 5.41. The summed E-state index contributed by atoms with van der Waals surface area (Å²) in [6.45, 7) is 4.98. The van der Waals surface area contributed by atoms with Gasteiger partial charge in [0.2, 0.25) is 11.9 Å². The van der Waals surface area contributed by atoms with Gasteiger partial charge in [-0.1, -0.05) is 47.5 Å². The molecule has 3 N–H and O–H groups in total. The number of nitrogens with zero attached hydrogens (tertiary/aromatic N) is 4. The van der Waals surface area contributed by atoms with E-state index in [0.717, 1.165) is 24.0 Å². The van der Waals surface area contributed by atoms with Crippen molar-refractivity contribution in [1.82, 2.24) is 25.2 Å². The van der Waals surface area contributed by atoms with Crippen LogP contribution in [0, 0.1) is 6.92 Å². The maximum absolute atomic E-state index is 13.4. The van der Waals surface area contributed by atoms with Gasteiger partial charge in [0.15, 0.2) is 0 Å². The van der Waals surface area contributed by atoms with Gasteiger partial charge in [-0.2, -0.15) is 0 Å². The zero-order chi connectivity index (χ0) is 27.5. The van der Waals surface area contributed by atoms with Gasteiger partial charge in [0.25, 0.3) is 5.91 Å². The van der Waals surface area contributed by atoms with Gasteiger partial charge in [-0.25, -0.2) is 15.0 Å². The molecule has 10 nitrogen and oxygen atoms in total. The highest BCUT2D eigenvalue weighted by Gasteiger charge is 2.36. The van der Waals surface area contributed by atoms with Gasteiger partial charge in [-0.3, -0.25) is 9.59 Å². The van der Waals surface area contributed by atoms with Crippen LogP contribution in [0.2, 0.25) is 5.02 Å². The molecule has 4 heterocycles. The number of aromatic nitrogens is 3. The second-order valence-corrected chi connectivity index (χ2v) is 10.3. The number of pyridine rings is 1. The van der Waals surface area contributed by atoms with Crippen LogP contribution >= 0.6 is 11.6 Å². The summed E-state index contributed by atoms with van der Waals surface area (Å²) in [6.07, 6.45) is 3.24. The number of anilines is 1. The minimum atomic E-state index is -0.771. The predicted molar refractivity (Wildman–Crippen MR) is 146 cm³/mol. The van der Waals surface area contributed by atoms with Crippen LogP contribution in [-0.2, 0) is 16.1 Å². The summed E-state index contributed by atoms with van der Waals surface area (Å²) in [5.41, 5.74) is 3.67. The Morgan fingerprint density at radius 3 is 2.74 bits per heavy atom. The van der Waals surface area contributed by atoms with Crippen molar-refractivity contribution in [3.05, 3.63) is 70.0 Å². The lowest BCUT2D eigenvalue weighted by molar-refractivity contribution is -0.126. The topological polar surface area (TPSA) is 130 Å². The van der Waals surface area contributed by atoms with E-state index in [1.165, 1.54) is 11.1 Å². The molecular formula is C28H31ClN6O4. The lowest BCUT2D eigenvalue weighted by atomic mass is 10.0. The standard InChI is InChI=1S/C28H31ClN6O4/c1-16-4-3-5-18(12-16)23(15-36)33-26(37)17(2)35-14-19-6-7-22(32-24(19)27(35)38)25-21(29)13-30-28(34-25)31-20-8-10-39-11-9-20/h3-7,12-13,17,20,23,36H,8-11,14-15H2,1-2H3,(H,33,37)(H,30,31,34). The number of amides is 2. The van der Waals surface area contributed by atoms with Crippen LogP contribution in [-0.4, -0.2) is 68.7 Å². The first-order chi connectivity index (χ1) is 18.8. The molecule has 11 heteroatoms. The summed E-state index contributed by atoms with van der Waals surface area (Å²) in [5, 5.41) is 16.4. The minimum absolute atomic E-state index is 0.208. The van der Waals surface area contributed by atoms with Gasteiger partial charge >= 0.3 is 0 Å². The van der Waals surface area contributed by atoms with E-state index in [9.17, 15) is 14.7 Å². The third-order valence-electron chi connectivity index (χ3n) is 7.11. The van der Waals surface area contributed by atoms with Crippen molar-refractivity contribution in [3.63, 3.8) is 0 Å². The average molecular weight is 551 g/mol. The number of halogens is 1. The van der Waals surface area contributed by atoms with Gasteiger partial charge < -0.3 is 25.4 Å². The SMILES string of the molecule is Cc1cccc(C(CO)NC(=O)C(C)N2Cc3ccc(-c4nc(NC5CCOCC5)ncc4Cl)nc3C2=O)c1. The third kappa shape index (κ3) is 5.88. The quantitative estimate of drug-likeness (QED) is 0.389. The highest BCUT2D eigenvalue weighted by atomic mass is 35.5. The van der Waals surface area contributed by atoms with E-state index in [-0.39, 0.29) is 36.7 Å². The Morgan fingerprint density at radius 2 is 2.00 bits per heavy atom. The van der Waals surface area contributed by atoms with Crippen LogP contribution in [0.3, 0.4) is 0 Å². The van der Waals surface area contributed by atoms with Crippen LogP contribution in [0.25, 0.3) is 11.4 Å². The molecule has 0 spiro atoms. The molecule has 2 atom stereocenters. The Bertz CT molecular complexity index is 1380. The Balaban J connectivity index is 1.31. The molecule has 1 saturated heterocycles. The van der Waals surface area contributed by atoms with E-state index in [4.69, 9.17) is 16.3 Å². The first kappa shape index (κ1) is 27.0. The zero-order valence-corrected chi connectivity index (χ0v) is 22.6. The summed E-state index contributed by atoms with van der Waals surface area (Å²) in [5.74, 6) is -0.273. The van der Waals surface area contributed by atoms with Crippen LogP contribution < -0.4 is 10.6 Å². The van der Waals surface area contributed by atoms with E-state index in [2.05, 4.69) is 25.6 Å². The molecule has 204 valence electrons. The summed E-state index contributed by atoms with van der Waals surface area (Å²) >= 11 is 6.42. The molecule has 0 saturated carbocycles. The van der Waals surface area contributed by atoms with Crippen LogP contribution in [0.1, 0.15) is 53.0 Å². The van der Waals surface area contributed by atoms with Gasteiger partial charge in [-0.15, -0.1) is 0 Å². The Morgan fingerprint density at radius 1 is 1.21 bits per heavy atom. The maximum Gasteiger partial charge on any atom is 0.273 e. The van der Waals surface area contributed by atoms with Crippen molar-refractivity contribution < 1.29 is 19.4 Å². The van der Waals surface area contributed by atoms with E-state index in [1.807, 2.05) is 37.3 Å². The Kier molecular flexibility index (Phi) is 8.06. The van der Waals surface area contributed by atoms with Crippen LogP contribution in [0.15, 0.2) is 42.6 Å². The molecule has 2 amide bonds. The molecule has 0 bridgehead atoms. The lowest BCUT2D eigenvalue weighted by Crippen LogP contribution is -2.46. The second-order valence-electron chi connectivity index (χ2n) is 9.89. The van der Waals surface area contributed by atoms with Crippen molar-refractivity contribution in [3.8, 4) is 11.4 Å². The van der Waals surface area contributed by atoms with Crippen molar-refractivity contribution >= 4 is 29.4 Å². The monoisotopic (exact) mass is 550 g/mol. The van der Waals surface area contributed by atoms with Crippen molar-refractivity contribution in [2.24, 2.45) is 0 Å². The van der Waals surface area contributed by atoms with Crippen LogP contribution in [0.5, 0.6) is 0 Å². The third-order valence-corrected chi connectivity index (χ3v) is 7.39. The molecule has 1 aromatic carbocycles. The fourth-order valence-electron chi connectivity index (χ4n) is 4.83. The van der Waals surface area contributed by atoms with Crippen molar-refractivity contribution in [2.45, 2.75) is 51.4 Å². The lowest BCUT2D eigenvalue weighted by Gasteiger charge is -2.26. The van der Waals surface area contributed by atoms with Crippen LogP contribution in [0.4, 0.5) is 5.95 Å². The molecule has 2 aliphatic rings. The molecule has 2 aliphatic heterocycles. The molecular weight excluding hydrogens is 520 g/mol. The molecule has 39 heavy (non-hydrogen) atoms. The first-order valence-corrected chi connectivity index (χ1v) is 13.4. The van der Waals surface area contributed by atoms with Gasteiger partial charge in [0, 0.05) is 31.4 Å². The van der Waals surface area contributed by atoms with E-state index < -0.39 is 12.1 Å². The largest absolute Gasteiger partial charge is 0.394 e. The highest BCUT2D eigenvalue weighted by Crippen LogP contribution is 2.30. The number of benzene rings is 1. The number of aryl methyl sites for hydroxylation is 1. The zero-order valence-electron chi connectivity index (χ0n) is 21.9. The number of hydrogen-bond acceptors (Lipinski definition) is 8. The number of ether oxygens (including phenoxy) is 1. The molecule has 3 aromatic rings. The van der Waals surface area contributed by atoms with E-state index in [0.29, 0.717) is 41.1 Å². The predicted octanol–water partition coefficient (Wildman–Crippen LogP) is 3.29. The van der Waals surface area contributed by atoms with Crippen molar-refractivity contribution in [1.29, 1.82) is 0 Å². The van der Waals surface area contributed by atoms with Gasteiger partial charge in [0.1, 0.15) is 17.4 Å². The maximum atomic E-state index is 13.4. The summed E-state index contributed by atoms with van der Waals surface area (Å²) in [7, 11) is 0. The van der Waals surface area contributed by atoms with E-state index in [1.54, 1.807) is 13.0 Å². The average Bonchev–Trinajstić information content (AvgIpc) is 3.28. The molecule has 2 aromatic heterocycles. The number of fused-ring (bicyclic) bond motifs is 1. The second kappa shape index (κ2) is 11.6. The number of carbonyl (C=O) groups excluding carboxylic acids is 2. The molecule has 1 fully saturated rings. The fraction of sp³-hybridized carbons (Fsp3) is 0.393. The molecule has 0 aliphatic carbocycles. The Hall–Kier alpha value is -3.60. The van der Waals surface area contributed by atoms with Gasteiger partial charge in [0.05, 0.1) is 29.6 Å². The molecule has 5 rings (SSSR count). The Labute approximate surface area is 231 Å². The number of rotatable bonds is 8. The first-order valence-electron chi connectivity index (χ1n) is 13.0. The number of aliphatic hydroxyl groups excluding tert-OH is 1. The number of hydrogen-bond donors (Lipinski definition) is 3. The van der Waals surface area contributed by atoms with Gasteiger partial charge in [-0.05, 0) is 38.3 Å². The smallest absolute Gasteiger partial charge is 0.273 e. The van der Waals surface area contributed by atoms with E-state index >= 15 is 0 Å². The minimum Gasteiger partial charge on any atom is -0.394 e. The summed E-state index contributed by atoms with van der Waals surface area (Å²) in [6, 6.07) is 10.0. The molecule has 0 radical (unpaired) electrons. The number of carbonyl (C=O) groups is 2. The fourth-order valence-corrected chi connectivity index (χ4v) is 5.02. The highest BCUT2D eigenvalue weighted by molar-refractivity contribution is 6.32. The summed E-state index contributed by atoms with van der Waals surface area (Å²) in [4.78, 5) is 41.4. The van der Waals surface area contributed by atoms with Crippen molar-refractivity contribution in [2.75, 3.05) is 25.1 Å². The number of aliphatic hydroxyl groups is 1. The molecule has 2 unspecified atom stereocenters. The number of nitrogens with one attached hydrogen (secondary N) is 2. The normalized spacial score (nSPS) is 17.0.